The number of hydrogen-bond acceptors (Lipinski definition) is 6. The van der Waals surface area contributed by atoms with Crippen LogP contribution in [0, 0.1) is 25.2 Å². The summed E-state index contributed by atoms with van der Waals surface area (Å²) >= 11 is 1.32. The summed E-state index contributed by atoms with van der Waals surface area (Å²) in [5, 5.41) is 9.22. The highest BCUT2D eigenvalue weighted by atomic mass is 32.2. The lowest BCUT2D eigenvalue weighted by molar-refractivity contribution is 0.429. The molecule has 2 aromatic carbocycles. The first kappa shape index (κ1) is 20.9. The third-order valence-electron chi connectivity index (χ3n) is 4.42. The monoisotopic (exact) mass is 436 g/mol. The van der Waals surface area contributed by atoms with Crippen LogP contribution in [0.2, 0.25) is 0 Å². The fourth-order valence-electron chi connectivity index (χ4n) is 3.06. The van der Waals surface area contributed by atoms with Gasteiger partial charge in [-0.25, -0.2) is 16.8 Å². The zero-order valence-corrected chi connectivity index (χ0v) is 18.0. The minimum Gasteiger partial charge on any atom is -0.229 e. The maximum atomic E-state index is 13.2. The Morgan fingerprint density at radius 1 is 1.04 bits per heavy atom. The molecule has 28 heavy (non-hydrogen) atoms. The van der Waals surface area contributed by atoms with Crippen LogP contribution in [0.15, 0.2) is 51.1 Å². The first-order chi connectivity index (χ1) is 13.1. The van der Waals surface area contributed by atoms with E-state index in [4.69, 9.17) is 0 Å². The number of aryl methyl sites for hydroxylation is 2. The molecule has 1 fully saturated rings. The highest BCUT2D eigenvalue weighted by Gasteiger charge is 2.33. The second-order valence-corrected chi connectivity index (χ2v) is 12.1. The minimum absolute atomic E-state index is 0.0370. The van der Waals surface area contributed by atoms with Gasteiger partial charge in [0.2, 0.25) is 10.0 Å². The Morgan fingerprint density at radius 3 is 2.21 bits per heavy atom. The summed E-state index contributed by atoms with van der Waals surface area (Å²) in [6.07, 6.45) is 0. The van der Waals surface area contributed by atoms with Crippen molar-refractivity contribution in [2.45, 2.75) is 28.5 Å². The van der Waals surface area contributed by atoms with Crippen molar-refractivity contribution in [3.8, 4) is 6.07 Å². The van der Waals surface area contributed by atoms with Gasteiger partial charge < -0.3 is 0 Å². The molecule has 1 saturated heterocycles. The number of hydrogen-bond donors (Lipinski definition) is 0. The number of rotatable bonds is 4. The summed E-state index contributed by atoms with van der Waals surface area (Å²) in [5.41, 5.74) is 2.39. The molecule has 1 heterocycles. The summed E-state index contributed by atoms with van der Waals surface area (Å²) in [5.74, 6) is -0.382. The number of nitrogens with zero attached hydrogens (tertiary/aromatic N) is 2. The number of sulfonamides is 1. The first-order valence-electron chi connectivity index (χ1n) is 8.62. The number of benzene rings is 2. The van der Waals surface area contributed by atoms with Gasteiger partial charge in [0.25, 0.3) is 0 Å². The maximum Gasteiger partial charge on any atom is 0.244 e. The summed E-state index contributed by atoms with van der Waals surface area (Å²) in [6.45, 7) is 3.80. The van der Waals surface area contributed by atoms with Crippen molar-refractivity contribution in [1.82, 2.24) is 4.31 Å². The molecule has 0 aliphatic carbocycles. The van der Waals surface area contributed by atoms with Crippen molar-refractivity contribution < 1.29 is 16.8 Å². The lowest BCUT2D eigenvalue weighted by Crippen LogP contribution is -2.43. The van der Waals surface area contributed by atoms with Gasteiger partial charge in [0.1, 0.15) is 0 Å². The molecule has 0 bridgehead atoms. The fraction of sp³-hybridized carbons (Fsp3) is 0.316. The van der Waals surface area contributed by atoms with Gasteiger partial charge in [0.15, 0.2) is 9.84 Å². The molecule has 0 spiro atoms. The maximum absolute atomic E-state index is 13.2. The van der Waals surface area contributed by atoms with Crippen LogP contribution in [0.3, 0.4) is 0 Å². The summed E-state index contributed by atoms with van der Waals surface area (Å²) in [7, 11) is -7.12. The van der Waals surface area contributed by atoms with Gasteiger partial charge in [0, 0.05) is 22.9 Å². The third-order valence-corrected chi connectivity index (χ3v) is 9.14. The largest absolute Gasteiger partial charge is 0.244 e. The van der Waals surface area contributed by atoms with Crippen LogP contribution in [-0.4, -0.2) is 45.7 Å². The van der Waals surface area contributed by atoms with E-state index in [-0.39, 0.29) is 35.1 Å². The minimum atomic E-state index is -3.92. The first-order valence-corrected chi connectivity index (χ1v) is 12.7. The van der Waals surface area contributed by atoms with Crippen LogP contribution >= 0.6 is 11.8 Å². The molecule has 2 aromatic rings. The van der Waals surface area contributed by atoms with Gasteiger partial charge in [-0.05, 0) is 55.3 Å². The Kier molecular flexibility index (Phi) is 5.87. The number of nitriles is 1. The summed E-state index contributed by atoms with van der Waals surface area (Å²) < 4.78 is 51.0. The van der Waals surface area contributed by atoms with Gasteiger partial charge in [-0.15, -0.1) is 0 Å². The SMILES string of the molecule is Cc1cc(C)cc(Sc2ccc(C#N)cc2S(=O)(=O)N2CCS(=O)(=O)CC2)c1. The fourth-order valence-corrected chi connectivity index (χ4v) is 7.51. The molecule has 3 rings (SSSR count). The molecule has 1 aliphatic rings. The standard InChI is InChI=1S/C19H20N2O4S3/c1-14-9-15(2)11-17(10-14)26-18-4-3-16(13-20)12-19(18)28(24,25)21-5-7-27(22,23)8-6-21/h3-4,9-12H,5-8H2,1-2H3. The smallest absolute Gasteiger partial charge is 0.229 e. The topological polar surface area (TPSA) is 95.3 Å². The molecular weight excluding hydrogens is 416 g/mol. The molecule has 0 amide bonds. The average Bonchev–Trinajstić information content (AvgIpc) is 2.60. The number of sulfone groups is 1. The second-order valence-electron chi connectivity index (χ2n) is 6.75. The molecule has 6 nitrogen and oxygen atoms in total. The van der Waals surface area contributed by atoms with Crippen LogP contribution in [-0.2, 0) is 19.9 Å². The van der Waals surface area contributed by atoms with E-state index in [1.807, 2.05) is 38.1 Å². The van der Waals surface area contributed by atoms with E-state index in [0.717, 1.165) is 16.0 Å². The molecule has 0 aromatic heterocycles. The van der Waals surface area contributed by atoms with Gasteiger partial charge in [-0.1, -0.05) is 17.8 Å². The van der Waals surface area contributed by atoms with Gasteiger partial charge in [-0.3, -0.25) is 0 Å². The van der Waals surface area contributed by atoms with E-state index in [0.29, 0.717) is 4.90 Å². The highest BCUT2D eigenvalue weighted by molar-refractivity contribution is 8.00. The van der Waals surface area contributed by atoms with E-state index >= 15 is 0 Å². The molecule has 1 aliphatic heterocycles. The van der Waals surface area contributed by atoms with E-state index in [9.17, 15) is 22.1 Å². The van der Waals surface area contributed by atoms with Crippen LogP contribution in [0.4, 0.5) is 0 Å². The van der Waals surface area contributed by atoms with E-state index < -0.39 is 19.9 Å². The molecule has 0 atom stereocenters. The lowest BCUT2D eigenvalue weighted by Gasteiger charge is -2.26. The summed E-state index contributed by atoms with van der Waals surface area (Å²) in [6, 6.07) is 12.5. The van der Waals surface area contributed by atoms with Crippen molar-refractivity contribution in [3.63, 3.8) is 0 Å². The quantitative estimate of drug-likeness (QED) is 0.731. The molecule has 0 unspecified atom stereocenters. The zero-order valence-electron chi connectivity index (χ0n) is 15.5. The Hall–Kier alpha value is -1.86. The van der Waals surface area contributed by atoms with E-state index in [1.165, 1.54) is 22.1 Å². The van der Waals surface area contributed by atoms with Crippen LogP contribution < -0.4 is 0 Å². The molecule has 9 heteroatoms. The second kappa shape index (κ2) is 7.87. The lowest BCUT2D eigenvalue weighted by atomic mass is 10.2. The predicted molar refractivity (Wildman–Crippen MR) is 109 cm³/mol. The van der Waals surface area contributed by atoms with Crippen molar-refractivity contribution >= 4 is 31.6 Å². The molecule has 148 valence electrons. The van der Waals surface area contributed by atoms with Crippen molar-refractivity contribution in [1.29, 1.82) is 5.26 Å². The highest BCUT2D eigenvalue weighted by Crippen LogP contribution is 2.36. The zero-order chi connectivity index (χ0) is 20.5. The van der Waals surface area contributed by atoms with Gasteiger partial charge >= 0.3 is 0 Å². The van der Waals surface area contributed by atoms with Crippen LogP contribution in [0.5, 0.6) is 0 Å². The Balaban J connectivity index is 2.02. The molecule has 0 radical (unpaired) electrons. The van der Waals surface area contributed by atoms with Crippen molar-refractivity contribution in [2.75, 3.05) is 24.6 Å². The predicted octanol–water partition coefficient (Wildman–Crippen LogP) is 2.75. The van der Waals surface area contributed by atoms with Crippen LogP contribution in [0.1, 0.15) is 16.7 Å². The van der Waals surface area contributed by atoms with Crippen molar-refractivity contribution in [2.24, 2.45) is 0 Å². The normalized spacial score (nSPS) is 17.2. The Labute approximate surface area is 170 Å². The van der Waals surface area contributed by atoms with E-state index in [2.05, 4.69) is 0 Å². The molecular formula is C19H20N2O4S3. The Bertz CT molecular complexity index is 1130. The molecule has 0 N–H and O–H groups in total. The average molecular weight is 437 g/mol. The van der Waals surface area contributed by atoms with E-state index in [1.54, 1.807) is 12.1 Å². The molecule has 0 saturated carbocycles. The van der Waals surface area contributed by atoms with Crippen LogP contribution in [0.25, 0.3) is 0 Å². The summed E-state index contributed by atoms with van der Waals surface area (Å²) in [4.78, 5) is 1.45. The Morgan fingerprint density at radius 2 is 1.64 bits per heavy atom. The van der Waals surface area contributed by atoms with Gasteiger partial charge in [0.05, 0.1) is 28.0 Å². The van der Waals surface area contributed by atoms with Crippen molar-refractivity contribution in [3.05, 3.63) is 53.1 Å². The van der Waals surface area contributed by atoms with Gasteiger partial charge in [-0.2, -0.15) is 9.57 Å². The third kappa shape index (κ3) is 4.58.